The van der Waals surface area contributed by atoms with Gasteiger partial charge in [-0.05, 0) is 49.2 Å². The Kier molecular flexibility index (Phi) is 4.11. The van der Waals surface area contributed by atoms with E-state index < -0.39 is 0 Å². The molecule has 0 aromatic heterocycles. The minimum absolute atomic E-state index is 0.188. The van der Waals surface area contributed by atoms with Gasteiger partial charge in [-0.3, -0.25) is 4.79 Å². The first-order chi connectivity index (χ1) is 11.7. The Balaban J connectivity index is 1.46. The lowest BCUT2D eigenvalue weighted by Gasteiger charge is -2.26. The lowest BCUT2D eigenvalue weighted by molar-refractivity contribution is 0.0993. The zero-order valence-electron chi connectivity index (χ0n) is 14.2. The van der Waals surface area contributed by atoms with Crippen molar-refractivity contribution >= 4 is 11.5 Å². The molecule has 2 saturated heterocycles. The van der Waals surface area contributed by atoms with Crippen LogP contribution in [0.15, 0.2) is 54.6 Å². The summed E-state index contributed by atoms with van der Waals surface area (Å²) in [7, 11) is 2.21. The van der Waals surface area contributed by atoms with Crippen LogP contribution in [0, 0.1) is 5.92 Å². The number of carbonyl (C=O) groups excluding carboxylic acids is 1. The molecule has 2 aliphatic heterocycles. The summed E-state index contributed by atoms with van der Waals surface area (Å²) >= 11 is 0. The molecule has 0 amide bonds. The van der Waals surface area contributed by atoms with Crippen LogP contribution in [0.5, 0.6) is 0 Å². The Morgan fingerprint density at radius 2 is 1.79 bits per heavy atom. The van der Waals surface area contributed by atoms with Crippen LogP contribution in [0.3, 0.4) is 0 Å². The molecule has 3 nitrogen and oxygen atoms in total. The molecule has 0 saturated carbocycles. The van der Waals surface area contributed by atoms with Crippen molar-refractivity contribution in [3.63, 3.8) is 0 Å². The van der Waals surface area contributed by atoms with E-state index in [1.807, 2.05) is 42.5 Å². The lowest BCUT2D eigenvalue weighted by atomic mass is 10.0. The standard InChI is InChI=1S/C21H24N2O/c1-22-14-18-11-12-23(20(18)15-22)19-9-7-17(8-10-19)21(24)13-16-5-3-2-4-6-16/h2-10,18,20H,11-15H2,1H3/t18-,20+/m1/s1. The van der Waals surface area contributed by atoms with Gasteiger partial charge in [-0.25, -0.2) is 0 Å². The molecular weight excluding hydrogens is 296 g/mol. The highest BCUT2D eigenvalue weighted by Gasteiger charge is 2.39. The minimum Gasteiger partial charge on any atom is -0.367 e. The SMILES string of the molecule is CN1C[C@H]2CCN(c3ccc(C(=O)Cc4ccccc4)cc3)[C@H]2C1. The van der Waals surface area contributed by atoms with Gasteiger partial charge in [0.15, 0.2) is 5.78 Å². The Morgan fingerprint density at radius 3 is 2.54 bits per heavy atom. The van der Waals surface area contributed by atoms with Crippen molar-refractivity contribution in [2.75, 3.05) is 31.6 Å². The second-order valence-corrected chi connectivity index (χ2v) is 7.16. The van der Waals surface area contributed by atoms with E-state index in [1.54, 1.807) is 0 Å². The second kappa shape index (κ2) is 6.40. The number of rotatable bonds is 4. The number of nitrogens with zero attached hydrogens (tertiary/aromatic N) is 2. The lowest BCUT2D eigenvalue weighted by Crippen LogP contribution is -2.34. The number of anilines is 1. The number of ketones is 1. The van der Waals surface area contributed by atoms with E-state index >= 15 is 0 Å². The normalized spacial score (nSPS) is 23.5. The summed E-state index contributed by atoms with van der Waals surface area (Å²) < 4.78 is 0. The van der Waals surface area contributed by atoms with E-state index in [0.29, 0.717) is 12.5 Å². The van der Waals surface area contributed by atoms with Crippen molar-refractivity contribution in [3.05, 3.63) is 65.7 Å². The zero-order chi connectivity index (χ0) is 16.5. The summed E-state index contributed by atoms with van der Waals surface area (Å²) in [5.41, 5.74) is 3.14. The summed E-state index contributed by atoms with van der Waals surface area (Å²) in [6, 6.07) is 18.8. The van der Waals surface area contributed by atoms with Crippen LogP contribution in [0.1, 0.15) is 22.3 Å². The molecule has 124 valence electrons. The number of carbonyl (C=O) groups is 1. The third-order valence-corrected chi connectivity index (χ3v) is 5.46. The molecule has 0 radical (unpaired) electrons. The highest BCUT2D eigenvalue weighted by atomic mass is 16.1. The average molecular weight is 320 g/mol. The maximum absolute atomic E-state index is 12.5. The fraction of sp³-hybridized carbons (Fsp3) is 0.381. The van der Waals surface area contributed by atoms with E-state index in [4.69, 9.17) is 0 Å². The van der Waals surface area contributed by atoms with Gasteiger partial charge in [0.05, 0.1) is 0 Å². The van der Waals surface area contributed by atoms with E-state index in [1.165, 1.54) is 18.7 Å². The first-order valence-electron chi connectivity index (χ1n) is 8.83. The largest absolute Gasteiger partial charge is 0.367 e. The van der Waals surface area contributed by atoms with Gasteiger partial charge in [-0.1, -0.05) is 30.3 Å². The fourth-order valence-corrected chi connectivity index (χ4v) is 4.22. The molecule has 0 aliphatic carbocycles. The maximum atomic E-state index is 12.5. The van der Waals surface area contributed by atoms with E-state index in [-0.39, 0.29) is 5.78 Å². The topological polar surface area (TPSA) is 23.6 Å². The molecule has 2 fully saturated rings. The monoisotopic (exact) mass is 320 g/mol. The Labute approximate surface area is 143 Å². The van der Waals surface area contributed by atoms with Crippen molar-refractivity contribution < 1.29 is 4.79 Å². The Hall–Kier alpha value is -2.13. The van der Waals surface area contributed by atoms with Crippen LogP contribution in [0.2, 0.25) is 0 Å². The fourth-order valence-electron chi connectivity index (χ4n) is 4.22. The summed E-state index contributed by atoms with van der Waals surface area (Å²) in [4.78, 5) is 17.4. The summed E-state index contributed by atoms with van der Waals surface area (Å²) in [5, 5.41) is 0. The van der Waals surface area contributed by atoms with Gasteiger partial charge < -0.3 is 9.80 Å². The molecule has 0 unspecified atom stereocenters. The van der Waals surface area contributed by atoms with Crippen LogP contribution in [0.25, 0.3) is 0 Å². The van der Waals surface area contributed by atoms with Gasteiger partial charge >= 0.3 is 0 Å². The van der Waals surface area contributed by atoms with Gasteiger partial charge in [-0.15, -0.1) is 0 Å². The molecule has 2 aromatic carbocycles. The first kappa shape index (κ1) is 15.4. The minimum atomic E-state index is 0.188. The summed E-state index contributed by atoms with van der Waals surface area (Å²) in [6.07, 6.45) is 1.75. The van der Waals surface area contributed by atoms with Crippen LogP contribution < -0.4 is 4.90 Å². The van der Waals surface area contributed by atoms with Gasteiger partial charge in [0, 0.05) is 43.3 Å². The van der Waals surface area contributed by atoms with Crippen LogP contribution in [-0.2, 0) is 6.42 Å². The zero-order valence-corrected chi connectivity index (χ0v) is 14.2. The molecule has 2 aromatic rings. The van der Waals surface area contributed by atoms with Crippen LogP contribution in [0.4, 0.5) is 5.69 Å². The quantitative estimate of drug-likeness (QED) is 0.808. The third-order valence-electron chi connectivity index (χ3n) is 5.46. The molecule has 0 N–H and O–H groups in total. The van der Waals surface area contributed by atoms with E-state index in [9.17, 15) is 4.79 Å². The first-order valence-corrected chi connectivity index (χ1v) is 8.83. The smallest absolute Gasteiger partial charge is 0.167 e. The molecule has 0 bridgehead atoms. The second-order valence-electron chi connectivity index (χ2n) is 7.16. The Bertz CT molecular complexity index is 710. The van der Waals surface area contributed by atoms with Gasteiger partial charge in [0.1, 0.15) is 0 Å². The molecule has 3 heteroatoms. The van der Waals surface area contributed by atoms with Crippen LogP contribution in [-0.4, -0.2) is 43.4 Å². The van der Waals surface area contributed by atoms with Gasteiger partial charge in [0.2, 0.25) is 0 Å². The van der Waals surface area contributed by atoms with Crippen molar-refractivity contribution in [2.24, 2.45) is 5.92 Å². The van der Waals surface area contributed by atoms with Gasteiger partial charge in [0.25, 0.3) is 0 Å². The molecule has 24 heavy (non-hydrogen) atoms. The predicted molar refractivity (Wildman–Crippen MR) is 97.7 cm³/mol. The molecule has 0 spiro atoms. The molecular formula is C21H24N2O. The van der Waals surface area contributed by atoms with E-state index in [2.05, 4.69) is 29.0 Å². The number of fused-ring (bicyclic) bond motifs is 1. The average Bonchev–Trinajstić information content (AvgIpc) is 3.15. The molecule has 2 atom stereocenters. The molecule has 2 aliphatic rings. The van der Waals surface area contributed by atoms with Crippen molar-refractivity contribution in [1.82, 2.24) is 4.90 Å². The third kappa shape index (κ3) is 2.96. The van der Waals surface area contributed by atoms with Gasteiger partial charge in [-0.2, -0.15) is 0 Å². The Morgan fingerprint density at radius 1 is 1.04 bits per heavy atom. The molecule has 4 rings (SSSR count). The van der Waals surface area contributed by atoms with Crippen molar-refractivity contribution in [2.45, 2.75) is 18.9 Å². The predicted octanol–water partition coefficient (Wildman–Crippen LogP) is 3.25. The van der Waals surface area contributed by atoms with Crippen molar-refractivity contribution in [3.8, 4) is 0 Å². The number of hydrogen-bond donors (Lipinski definition) is 0. The highest BCUT2D eigenvalue weighted by Crippen LogP contribution is 2.34. The maximum Gasteiger partial charge on any atom is 0.167 e. The number of benzene rings is 2. The van der Waals surface area contributed by atoms with E-state index in [0.717, 1.165) is 30.1 Å². The number of Topliss-reactive ketones (excluding diaryl/α,β-unsaturated/α-hetero) is 1. The molecule has 2 heterocycles. The van der Waals surface area contributed by atoms with Crippen LogP contribution >= 0.6 is 0 Å². The summed E-state index contributed by atoms with van der Waals surface area (Å²) in [5.74, 6) is 0.988. The number of likely N-dealkylation sites (N-methyl/N-ethyl adjacent to an activating group) is 1. The summed E-state index contributed by atoms with van der Waals surface area (Å²) in [6.45, 7) is 3.51. The number of hydrogen-bond acceptors (Lipinski definition) is 3. The number of likely N-dealkylation sites (tertiary alicyclic amines) is 1. The van der Waals surface area contributed by atoms with Crippen molar-refractivity contribution in [1.29, 1.82) is 0 Å². The highest BCUT2D eigenvalue weighted by molar-refractivity contribution is 5.97.